The predicted octanol–water partition coefficient (Wildman–Crippen LogP) is 11.9. The predicted molar refractivity (Wildman–Crippen MR) is 177 cm³/mol. The van der Waals surface area contributed by atoms with Crippen LogP contribution in [-0.2, 0) is 0 Å². The monoisotopic (exact) mass is 550 g/mol. The van der Waals surface area contributed by atoms with E-state index in [1.807, 2.05) is 18.2 Å². The van der Waals surface area contributed by atoms with Crippen molar-refractivity contribution in [2.24, 2.45) is 0 Å². The van der Waals surface area contributed by atoms with E-state index in [-0.39, 0.29) is 0 Å². The lowest BCUT2D eigenvalue weighted by Crippen LogP contribution is -1.91. The van der Waals surface area contributed by atoms with E-state index in [1.165, 1.54) is 38.2 Å². The first-order valence-electron chi connectivity index (χ1n) is 14.5. The van der Waals surface area contributed by atoms with Crippen LogP contribution in [0.1, 0.15) is 0 Å². The fourth-order valence-corrected chi connectivity index (χ4v) is 7.21. The SMILES string of the molecule is c1ccc2c(c1)oc1cccc(-c3c4ccccc4c(-c4cccc5oc6c(ccc7ccoc76)c45)c4ccccc34)c12. The van der Waals surface area contributed by atoms with Crippen LogP contribution < -0.4 is 0 Å². The maximum atomic E-state index is 6.48. The van der Waals surface area contributed by atoms with E-state index in [4.69, 9.17) is 13.3 Å². The molecule has 0 atom stereocenters. The van der Waals surface area contributed by atoms with E-state index in [2.05, 4.69) is 109 Å². The third-order valence-electron chi connectivity index (χ3n) is 8.96. The second-order valence-corrected chi connectivity index (χ2v) is 11.2. The van der Waals surface area contributed by atoms with Gasteiger partial charge in [0.1, 0.15) is 16.7 Å². The summed E-state index contributed by atoms with van der Waals surface area (Å²) in [5.74, 6) is 0. The van der Waals surface area contributed by atoms with Crippen molar-refractivity contribution in [1.29, 1.82) is 0 Å². The number of benzene rings is 7. The highest BCUT2D eigenvalue weighted by Crippen LogP contribution is 2.49. The number of hydrogen-bond acceptors (Lipinski definition) is 3. The number of rotatable bonds is 2. The van der Waals surface area contributed by atoms with Gasteiger partial charge in [0.25, 0.3) is 0 Å². The summed E-state index contributed by atoms with van der Waals surface area (Å²) >= 11 is 0. The molecule has 7 aromatic carbocycles. The lowest BCUT2D eigenvalue weighted by atomic mass is 9.84. The zero-order chi connectivity index (χ0) is 28.1. The molecule has 0 N–H and O–H groups in total. The van der Waals surface area contributed by atoms with Gasteiger partial charge < -0.3 is 13.3 Å². The van der Waals surface area contributed by atoms with Gasteiger partial charge in [0.05, 0.1) is 6.26 Å². The lowest BCUT2D eigenvalue weighted by Gasteiger charge is -2.18. The summed E-state index contributed by atoms with van der Waals surface area (Å²) in [6, 6.07) is 44.9. The average Bonchev–Trinajstić information content (AvgIpc) is 3.78. The summed E-state index contributed by atoms with van der Waals surface area (Å²) in [7, 11) is 0. The van der Waals surface area contributed by atoms with Crippen LogP contribution >= 0.6 is 0 Å². The highest BCUT2D eigenvalue weighted by atomic mass is 16.4. The van der Waals surface area contributed by atoms with Crippen molar-refractivity contribution in [3.63, 3.8) is 0 Å². The van der Waals surface area contributed by atoms with Gasteiger partial charge in [-0.2, -0.15) is 0 Å². The number of hydrogen-bond donors (Lipinski definition) is 0. The molecule has 200 valence electrons. The Morgan fingerprint density at radius 1 is 0.349 bits per heavy atom. The van der Waals surface area contributed by atoms with Crippen molar-refractivity contribution < 1.29 is 13.3 Å². The Labute approximate surface area is 245 Å². The Kier molecular flexibility index (Phi) is 4.45. The molecule has 10 rings (SSSR count). The molecule has 0 fully saturated rings. The molecule has 0 aliphatic rings. The molecule has 0 bridgehead atoms. The molecule has 10 aromatic rings. The van der Waals surface area contributed by atoms with Crippen molar-refractivity contribution in [1.82, 2.24) is 0 Å². The first kappa shape index (κ1) is 22.8. The molecule has 3 heterocycles. The van der Waals surface area contributed by atoms with Crippen molar-refractivity contribution in [2.75, 3.05) is 0 Å². The Balaban J connectivity index is 1.39. The molecule has 0 spiro atoms. The zero-order valence-corrected chi connectivity index (χ0v) is 22.9. The van der Waals surface area contributed by atoms with Crippen molar-refractivity contribution in [3.05, 3.63) is 134 Å². The molecule has 3 heteroatoms. The summed E-state index contributed by atoms with van der Waals surface area (Å²) in [6.45, 7) is 0. The van der Waals surface area contributed by atoms with Crippen LogP contribution in [-0.4, -0.2) is 0 Å². The average molecular weight is 551 g/mol. The van der Waals surface area contributed by atoms with Crippen LogP contribution in [0.5, 0.6) is 0 Å². The van der Waals surface area contributed by atoms with E-state index in [9.17, 15) is 0 Å². The van der Waals surface area contributed by atoms with Crippen LogP contribution in [0.4, 0.5) is 0 Å². The van der Waals surface area contributed by atoms with Crippen molar-refractivity contribution in [3.8, 4) is 22.3 Å². The van der Waals surface area contributed by atoms with Gasteiger partial charge in [-0.05, 0) is 74.1 Å². The minimum absolute atomic E-state index is 0.783. The molecule has 43 heavy (non-hydrogen) atoms. The Hall–Kier alpha value is -5.80. The van der Waals surface area contributed by atoms with E-state index in [1.54, 1.807) is 6.26 Å². The van der Waals surface area contributed by atoms with Gasteiger partial charge in [0, 0.05) is 26.9 Å². The molecule has 3 nitrogen and oxygen atoms in total. The summed E-state index contributed by atoms with van der Waals surface area (Å²) in [4.78, 5) is 0. The smallest absolute Gasteiger partial charge is 0.178 e. The summed E-state index contributed by atoms with van der Waals surface area (Å²) < 4.78 is 18.7. The summed E-state index contributed by atoms with van der Waals surface area (Å²) in [5.41, 5.74) is 8.96. The van der Waals surface area contributed by atoms with Crippen molar-refractivity contribution >= 4 is 76.4 Å². The van der Waals surface area contributed by atoms with E-state index in [0.717, 1.165) is 60.4 Å². The van der Waals surface area contributed by atoms with E-state index in [0.29, 0.717) is 0 Å². The largest absolute Gasteiger partial charge is 0.460 e. The minimum Gasteiger partial charge on any atom is -0.460 e. The molecule has 0 amide bonds. The quantitative estimate of drug-likeness (QED) is 0.201. The topological polar surface area (TPSA) is 39.4 Å². The van der Waals surface area contributed by atoms with Gasteiger partial charge in [-0.1, -0.05) is 97.1 Å². The maximum absolute atomic E-state index is 6.48. The first-order chi connectivity index (χ1) is 21.3. The van der Waals surface area contributed by atoms with Crippen molar-refractivity contribution in [2.45, 2.75) is 0 Å². The number of para-hydroxylation sites is 1. The molecule has 0 saturated carbocycles. The highest BCUT2D eigenvalue weighted by molar-refractivity contribution is 6.28. The normalized spacial score (nSPS) is 12.2. The molecule has 0 saturated heterocycles. The fourth-order valence-electron chi connectivity index (χ4n) is 7.21. The van der Waals surface area contributed by atoms with Gasteiger partial charge in [-0.25, -0.2) is 0 Å². The molecule has 0 radical (unpaired) electrons. The molecule has 0 aliphatic heterocycles. The summed E-state index contributed by atoms with van der Waals surface area (Å²) in [6.07, 6.45) is 1.72. The second kappa shape index (κ2) is 8.37. The number of fused-ring (bicyclic) bond motifs is 10. The molecular weight excluding hydrogens is 528 g/mol. The van der Waals surface area contributed by atoms with Crippen LogP contribution in [0.2, 0.25) is 0 Å². The van der Waals surface area contributed by atoms with Gasteiger partial charge in [-0.15, -0.1) is 0 Å². The molecule has 0 unspecified atom stereocenters. The fraction of sp³-hybridized carbons (Fsp3) is 0. The third kappa shape index (κ3) is 3.03. The third-order valence-corrected chi connectivity index (χ3v) is 8.96. The van der Waals surface area contributed by atoms with Crippen LogP contribution in [0.3, 0.4) is 0 Å². The Bertz CT molecular complexity index is 2680. The van der Waals surface area contributed by atoms with Gasteiger partial charge in [-0.3, -0.25) is 0 Å². The first-order valence-corrected chi connectivity index (χ1v) is 14.5. The van der Waals surface area contributed by atoms with E-state index < -0.39 is 0 Å². The van der Waals surface area contributed by atoms with Crippen LogP contribution in [0.25, 0.3) is 98.6 Å². The maximum Gasteiger partial charge on any atom is 0.178 e. The second-order valence-electron chi connectivity index (χ2n) is 11.2. The standard InChI is InChI=1S/C40H22O3/c1-3-11-26-24(9-1)35(29-14-7-17-33-37(29)28-13-5-6-16-32(28)42-33)25-10-2-4-12-27(25)36(26)30-15-8-18-34-38(30)31-20-19-23-21-22-41-39(23)40(31)43-34/h1-22H. The van der Waals surface area contributed by atoms with E-state index >= 15 is 0 Å². The van der Waals surface area contributed by atoms with Gasteiger partial charge >= 0.3 is 0 Å². The lowest BCUT2D eigenvalue weighted by molar-refractivity contribution is 0.600. The van der Waals surface area contributed by atoms with Crippen LogP contribution in [0, 0.1) is 0 Å². The molecule has 3 aromatic heterocycles. The Morgan fingerprint density at radius 2 is 0.884 bits per heavy atom. The van der Waals surface area contributed by atoms with Gasteiger partial charge in [0.15, 0.2) is 11.2 Å². The molecule has 0 aliphatic carbocycles. The van der Waals surface area contributed by atoms with Crippen LogP contribution in [0.15, 0.2) is 147 Å². The number of furan rings is 3. The molecular formula is C40H22O3. The Morgan fingerprint density at radius 3 is 1.53 bits per heavy atom. The van der Waals surface area contributed by atoms with Gasteiger partial charge in [0.2, 0.25) is 0 Å². The zero-order valence-electron chi connectivity index (χ0n) is 22.9. The summed E-state index contributed by atoms with van der Waals surface area (Å²) in [5, 5.41) is 10.3. The highest BCUT2D eigenvalue weighted by Gasteiger charge is 2.22. The minimum atomic E-state index is 0.783.